The van der Waals surface area contributed by atoms with Crippen LogP contribution in [0.1, 0.15) is 12.5 Å². The van der Waals surface area contributed by atoms with Crippen molar-refractivity contribution >= 4 is 44.8 Å². The maximum absolute atomic E-state index is 11.2. The molecule has 3 nitrogen and oxygen atoms in total. The second-order valence-electron chi connectivity index (χ2n) is 4.32. The fraction of sp³-hybridized carbons (Fsp3) is 0.133. The van der Waals surface area contributed by atoms with Crippen molar-refractivity contribution < 1.29 is 4.79 Å². The van der Waals surface area contributed by atoms with Gasteiger partial charge in [0.1, 0.15) is 0 Å². The van der Waals surface area contributed by atoms with Crippen molar-refractivity contribution in [2.75, 3.05) is 10.6 Å². The normalized spacial score (nSPS) is 10.2. The number of benzene rings is 2. The molecule has 104 valence electrons. The number of hydrogen-bond donors (Lipinski definition) is 2. The Balaban J connectivity index is 2.14. The molecule has 2 aromatic rings. The van der Waals surface area contributed by atoms with E-state index in [1.165, 1.54) is 6.92 Å². The lowest BCUT2D eigenvalue weighted by molar-refractivity contribution is -0.114. The molecular formula is C15H14BrClN2O. The molecule has 2 rings (SSSR count). The molecule has 5 heteroatoms. The highest BCUT2D eigenvalue weighted by molar-refractivity contribution is 9.10. The molecule has 0 bridgehead atoms. The topological polar surface area (TPSA) is 41.1 Å². The van der Waals surface area contributed by atoms with Crippen molar-refractivity contribution in [1.82, 2.24) is 0 Å². The number of hydrogen-bond acceptors (Lipinski definition) is 2. The highest BCUT2D eigenvalue weighted by Crippen LogP contribution is 2.27. The van der Waals surface area contributed by atoms with Crippen LogP contribution in [-0.4, -0.2) is 5.91 Å². The minimum atomic E-state index is -0.0820. The van der Waals surface area contributed by atoms with Gasteiger partial charge in [-0.05, 0) is 45.8 Å². The Morgan fingerprint density at radius 1 is 1.20 bits per heavy atom. The predicted molar refractivity (Wildman–Crippen MR) is 87.2 cm³/mol. The molecule has 0 radical (unpaired) electrons. The van der Waals surface area contributed by atoms with Crippen LogP contribution in [-0.2, 0) is 11.3 Å². The fourth-order valence-corrected chi connectivity index (χ4v) is 2.37. The first kappa shape index (κ1) is 14.9. The summed E-state index contributed by atoms with van der Waals surface area (Å²) < 4.78 is 0.943. The van der Waals surface area contributed by atoms with Crippen LogP contribution in [0.2, 0.25) is 5.02 Å². The molecule has 2 N–H and O–H groups in total. The van der Waals surface area contributed by atoms with Crippen LogP contribution in [0.4, 0.5) is 11.4 Å². The van der Waals surface area contributed by atoms with Gasteiger partial charge < -0.3 is 10.6 Å². The molecule has 0 fully saturated rings. The van der Waals surface area contributed by atoms with E-state index in [4.69, 9.17) is 11.6 Å². The Morgan fingerprint density at radius 2 is 1.95 bits per heavy atom. The van der Waals surface area contributed by atoms with E-state index in [1.54, 1.807) is 0 Å². The average molecular weight is 354 g/mol. The molecule has 0 heterocycles. The third kappa shape index (κ3) is 3.99. The molecule has 0 atom stereocenters. The third-order valence-corrected chi connectivity index (χ3v) is 3.65. The molecular weight excluding hydrogens is 340 g/mol. The number of halogens is 2. The summed E-state index contributed by atoms with van der Waals surface area (Å²) >= 11 is 9.45. The van der Waals surface area contributed by atoms with Gasteiger partial charge >= 0.3 is 0 Å². The Bertz CT molecular complexity index is 631. The first-order valence-corrected chi connectivity index (χ1v) is 7.28. The maximum atomic E-state index is 11.2. The Hall–Kier alpha value is -1.52. The Labute approximate surface area is 131 Å². The van der Waals surface area contributed by atoms with Crippen molar-refractivity contribution in [1.29, 1.82) is 0 Å². The minimum absolute atomic E-state index is 0.0820. The lowest BCUT2D eigenvalue weighted by Gasteiger charge is -2.13. The summed E-state index contributed by atoms with van der Waals surface area (Å²) in [6.07, 6.45) is 0. The van der Waals surface area contributed by atoms with E-state index in [0.717, 1.165) is 21.4 Å². The molecule has 0 aliphatic heterocycles. The lowest BCUT2D eigenvalue weighted by Crippen LogP contribution is -2.10. The summed E-state index contributed by atoms with van der Waals surface area (Å²) in [7, 11) is 0. The second-order valence-corrected chi connectivity index (χ2v) is 5.61. The van der Waals surface area contributed by atoms with Gasteiger partial charge in [0.25, 0.3) is 0 Å². The molecule has 0 unspecified atom stereocenters. The second kappa shape index (κ2) is 6.77. The molecule has 0 saturated carbocycles. The minimum Gasteiger partial charge on any atom is -0.380 e. The lowest BCUT2D eigenvalue weighted by atomic mass is 10.1. The van der Waals surface area contributed by atoms with Crippen molar-refractivity contribution in [3.05, 3.63) is 57.5 Å². The number of carbonyl (C=O) groups excluding carboxylic acids is 1. The standard InChI is InChI=1S/C15H14BrClN2O/c1-10(20)19-14-5-3-2-4-11(14)9-18-15-8-12(17)6-7-13(15)16/h2-8,18H,9H2,1H3,(H,19,20). The molecule has 0 aliphatic carbocycles. The van der Waals surface area contributed by atoms with E-state index in [1.807, 2.05) is 42.5 Å². The number of rotatable bonds is 4. The summed E-state index contributed by atoms with van der Waals surface area (Å²) in [5.74, 6) is -0.0820. The maximum Gasteiger partial charge on any atom is 0.221 e. The van der Waals surface area contributed by atoms with Crippen molar-refractivity contribution in [3.63, 3.8) is 0 Å². The zero-order chi connectivity index (χ0) is 14.5. The van der Waals surface area contributed by atoms with Crippen LogP contribution in [0, 0.1) is 0 Å². The first-order valence-electron chi connectivity index (χ1n) is 6.10. The van der Waals surface area contributed by atoms with Crippen LogP contribution in [0.5, 0.6) is 0 Å². The summed E-state index contributed by atoms with van der Waals surface area (Å²) in [6, 6.07) is 13.3. The number of nitrogens with one attached hydrogen (secondary N) is 2. The monoisotopic (exact) mass is 352 g/mol. The Kier molecular flexibility index (Phi) is 5.04. The SMILES string of the molecule is CC(=O)Nc1ccccc1CNc1cc(Cl)ccc1Br. The summed E-state index contributed by atoms with van der Waals surface area (Å²) in [4.78, 5) is 11.2. The van der Waals surface area contributed by atoms with Gasteiger partial charge in [0.2, 0.25) is 5.91 Å². The summed E-state index contributed by atoms with van der Waals surface area (Å²) in [6.45, 7) is 2.09. The zero-order valence-electron chi connectivity index (χ0n) is 10.9. The molecule has 20 heavy (non-hydrogen) atoms. The molecule has 1 amide bonds. The molecule has 0 spiro atoms. The van der Waals surface area contributed by atoms with Crippen LogP contribution in [0.3, 0.4) is 0 Å². The van der Waals surface area contributed by atoms with E-state index in [9.17, 15) is 4.79 Å². The smallest absolute Gasteiger partial charge is 0.221 e. The van der Waals surface area contributed by atoms with Crippen molar-refractivity contribution in [2.24, 2.45) is 0 Å². The van der Waals surface area contributed by atoms with E-state index in [0.29, 0.717) is 11.6 Å². The van der Waals surface area contributed by atoms with Crippen LogP contribution in [0.15, 0.2) is 46.9 Å². The zero-order valence-corrected chi connectivity index (χ0v) is 13.3. The van der Waals surface area contributed by atoms with Gasteiger partial charge in [-0.15, -0.1) is 0 Å². The molecule has 0 aromatic heterocycles. The van der Waals surface area contributed by atoms with Gasteiger partial charge in [0.05, 0.1) is 5.69 Å². The van der Waals surface area contributed by atoms with E-state index in [-0.39, 0.29) is 5.91 Å². The quantitative estimate of drug-likeness (QED) is 0.838. The molecule has 0 saturated heterocycles. The van der Waals surface area contributed by atoms with Gasteiger partial charge in [0, 0.05) is 28.7 Å². The number of carbonyl (C=O) groups is 1. The van der Waals surface area contributed by atoms with E-state index >= 15 is 0 Å². The largest absolute Gasteiger partial charge is 0.380 e. The first-order chi connectivity index (χ1) is 9.56. The van der Waals surface area contributed by atoms with E-state index in [2.05, 4.69) is 26.6 Å². The van der Waals surface area contributed by atoms with Crippen LogP contribution < -0.4 is 10.6 Å². The number of para-hydroxylation sites is 1. The van der Waals surface area contributed by atoms with Gasteiger partial charge in [-0.2, -0.15) is 0 Å². The molecule has 0 aliphatic rings. The summed E-state index contributed by atoms with van der Waals surface area (Å²) in [5, 5.41) is 6.79. The average Bonchev–Trinajstić information content (AvgIpc) is 2.41. The fourth-order valence-electron chi connectivity index (χ4n) is 1.81. The number of amides is 1. The van der Waals surface area contributed by atoms with Gasteiger partial charge in [-0.3, -0.25) is 4.79 Å². The van der Waals surface area contributed by atoms with Gasteiger partial charge in [0.15, 0.2) is 0 Å². The van der Waals surface area contributed by atoms with Crippen molar-refractivity contribution in [2.45, 2.75) is 13.5 Å². The molecule has 2 aromatic carbocycles. The highest BCUT2D eigenvalue weighted by Gasteiger charge is 2.05. The van der Waals surface area contributed by atoms with E-state index < -0.39 is 0 Å². The van der Waals surface area contributed by atoms with Gasteiger partial charge in [-0.1, -0.05) is 29.8 Å². The predicted octanol–water partition coefficient (Wildman–Crippen LogP) is 4.67. The third-order valence-electron chi connectivity index (χ3n) is 2.73. The van der Waals surface area contributed by atoms with Crippen LogP contribution in [0.25, 0.3) is 0 Å². The highest BCUT2D eigenvalue weighted by atomic mass is 79.9. The summed E-state index contributed by atoms with van der Waals surface area (Å²) in [5.41, 5.74) is 2.73. The van der Waals surface area contributed by atoms with Crippen LogP contribution >= 0.6 is 27.5 Å². The van der Waals surface area contributed by atoms with Gasteiger partial charge in [-0.25, -0.2) is 0 Å². The number of anilines is 2. The Morgan fingerprint density at radius 3 is 2.70 bits per heavy atom. The van der Waals surface area contributed by atoms with Crippen molar-refractivity contribution in [3.8, 4) is 0 Å².